The van der Waals surface area contributed by atoms with Crippen LogP contribution in [0.25, 0.3) is 0 Å². The van der Waals surface area contributed by atoms with Crippen molar-refractivity contribution in [3.05, 3.63) is 0 Å². The molecule has 1 unspecified atom stereocenters. The van der Waals surface area contributed by atoms with Crippen molar-refractivity contribution in [1.29, 1.82) is 0 Å². The fourth-order valence-electron chi connectivity index (χ4n) is 2.11. The van der Waals surface area contributed by atoms with Gasteiger partial charge in [-0.2, -0.15) is 0 Å². The van der Waals surface area contributed by atoms with Crippen LogP contribution in [-0.2, 0) is 23.9 Å². The maximum Gasteiger partial charge on any atom is 0.306 e. The van der Waals surface area contributed by atoms with E-state index in [1.54, 1.807) is 20.8 Å². The first-order valence-electron chi connectivity index (χ1n) is 7.68. The van der Waals surface area contributed by atoms with E-state index in [1.165, 1.54) is 6.92 Å². The third-order valence-corrected chi connectivity index (χ3v) is 3.60. The molecule has 0 radical (unpaired) electrons. The molecule has 0 aromatic rings. The Bertz CT molecular complexity index is 351. The lowest BCUT2D eigenvalue weighted by molar-refractivity contribution is -0.148. The molecule has 0 aliphatic rings. The minimum absolute atomic E-state index is 0.000876. The first kappa shape index (κ1) is 19.6. The highest BCUT2D eigenvalue weighted by molar-refractivity contribution is 5.86. The van der Waals surface area contributed by atoms with Crippen molar-refractivity contribution in [1.82, 2.24) is 0 Å². The molecule has 0 heterocycles. The van der Waals surface area contributed by atoms with Gasteiger partial charge in [-0.25, -0.2) is 0 Å². The second kappa shape index (κ2) is 10.4. The van der Waals surface area contributed by atoms with E-state index in [2.05, 4.69) is 0 Å². The van der Waals surface area contributed by atoms with Crippen molar-refractivity contribution in [2.45, 2.75) is 66.2 Å². The van der Waals surface area contributed by atoms with Crippen LogP contribution in [0.4, 0.5) is 0 Å². The molecule has 1 atom stereocenters. The Balaban J connectivity index is 4.12. The van der Waals surface area contributed by atoms with Gasteiger partial charge in [-0.05, 0) is 33.6 Å². The number of ether oxygens (including phenoxy) is 2. The molecule has 0 amide bonds. The number of hydrogen-bond acceptors (Lipinski definition) is 5. The lowest BCUT2D eigenvalue weighted by Gasteiger charge is -2.25. The van der Waals surface area contributed by atoms with Crippen molar-refractivity contribution in [3.63, 3.8) is 0 Å². The van der Waals surface area contributed by atoms with Gasteiger partial charge in [0.25, 0.3) is 0 Å². The summed E-state index contributed by atoms with van der Waals surface area (Å²) in [6, 6.07) is 0. The van der Waals surface area contributed by atoms with Gasteiger partial charge in [-0.15, -0.1) is 0 Å². The lowest BCUT2D eigenvalue weighted by atomic mass is 9.78. The minimum atomic E-state index is -0.670. The van der Waals surface area contributed by atoms with Crippen LogP contribution in [0.3, 0.4) is 0 Å². The van der Waals surface area contributed by atoms with Gasteiger partial charge >= 0.3 is 11.9 Å². The number of Topliss-reactive ketones (excluding diaryl/α,β-unsaturated/α-hetero) is 1. The number of rotatable bonds is 11. The largest absolute Gasteiger partial charge is 0.466 e. The second-order valence-electron chi connectivity index (χ2n) is 5.46. The fraction of sp³-hybridized carbons (Fsp3) is 0.812. The Morgan fingerprint density at radius 1 is 0.905 bits per heavy atom. The first-order chi connectivity index (χ1) is 9.85. The monoisotopic (exact) mass is 300 g/mol. The third kappa shape index (κ3) is 8.48. The highest BCUT2D eigenvalue weighted by Gasteiger charge is 2.32. The van der Waals surface area contributed by atoms with Crippen molar-refractivity contribution in [2.75, 3.05) is 13.2 Å². The van der Waals surface area contributed by atoms with E-state index in [0.29, 0.717) is 26.1 Å². The predicted molar refractivity (Wildman–Crippen MR) is 79.8 cm³/mol. The van der Waals surface area contributed by atoms with Gasteiger partial charge in [-0.3, -0.25) is 14.4 Å². The number of esters is 2. The summed E-state index contributed by atoms with van der Waals surface area (Å²) in [6.07, 6.45) is 3.53. The predicted octanol–water partition coefficient (Wildman–Crippen LogP) is 3.05. The minimum Gasteiger partial charge on any atom is -0.466 e. The first-order valence-corrected chi connectivity index (χ1v) is 7.68. The van der Waals surface area contributed by atoms with Crippen molar-refractivity contribution >= 4 is 17.7 Å². The summed E-state index contributed by atoms with van der Waals surface area (Å²) in [6.45, 7) is 7.58. The molecule has 0 aromatic carbocycles. The van der Waals surface area contributed by atoms with Crippen LogP contribution < -0.4 is 0 Å². The lowest BCUT2D eigenvalue weighted by Crippen LogP contribution is -2.29. The van der Waals surface area contributed by atoms with Crippen LogP contribution in [0, 0.1) is 5.41 Å². The molecule has 0 aromatic heterocycles. The molecular weight excluding hydrogens is 272 g/mol. The third-order valence-electron chi connectivity index (χ3n) is 3.60. The highest BCUT2D eigenvalue weighted by Crippen LogP contribution is 2.30. The molecule has 0 aliphatic heterocycles. The van der Waals surface area contributed by atoms with Gasteiger partial charge in [0.2, 0.25) is 0 Å². The molecule has 0 aliphatic carbocycles. The zero-order valence-corrected chi connectivity index (χ0v) is 13.7. The van der Waals surface area contributed by atoms with Gasteiger partial charge in [0, 0.05) is 11.8 Å². The van der Waals surface area contributed by atoms with Gasteiger partial charge < -0.3 is 9.47 Å². The summed E-state index contributed by atoms with van der Waals surface area (Å²) in [4.78, 5) is 34.5. The topological polar surface area (TPSA) is 69.7 Å². The number of hydrogen-bond donors (Lipinski definition) is 0. The Hall–Kier alpha value is -1.39. The molecule has 122 valence electrons. The molecule has 0 bridgehead atoms. The molecule has 0 fully saturated rings. The molecule has 0 N–H and O–H groups in total. The number of unbranched alkanes of at least 4 members (excludes halogenated alkanes) is 2. The van der Waals surface area contributed by atoms with E-state index in [4.69, 9.17) is 9.47 Å². The zero-order chi connectivity index (χ0) is 16.3. The second-order valence-corrected chi connectivity index (χ2v) is 5.46. The maximum atomic E-state index is 11.8. The summed E-state index contributed by atoms with van der Waals surface area (Å²) < 4.78 is 9.77. The maximum absolute atomic E-state index is 11.8. The SMILES string of the molecule is CCOC(=O)CCCCCC(C)(CC(=O)OCC)C(C)=O. The smallest absolute Gasteiger partial charge is 0.306 e. The van der Waals surface area contributed by atoms with Crippen molar-refractivity contribution in [3.8, 4) is 0 Å². The summed E-state index contributed by atoms with van der Waals surface area (Å²) in [5, 5.41) is 0. The normalized spacial score (nSPS) is 13.3. The van der Waals surface area contributed by atoms with Gasteiger partial charge in [0.05, 0.1) is 19.6 Å². The highest BCUT2D eigenvalue weighted by atomic mass is 16.5. The van der Waals surface area contributed by atoms with Crippen LogP contribution in [0.15, 0.2) is 0 Å². The van der Waals surface area contributed by atoms with E-state index in [9.17, 15) is 14.4 Å². The molecule has 0 rings (SSSR count). The summed E-state index contributed by atoms with van der Waals surface area (Å²) in [5.41, 5.74) is -0.670. The van der Waals surface area contributed by atoms with Gasteiger partial charge in [-0.1, -0.05) is 19.8 Å². The van der Waals surface area contributed by atoms with E-state index in [0.717, 1.165) is 19.3 Å². The molecular formula is C16H28O5. The zero-order valence-electron chi connectivity index (χ0n) is 13.7. The van der Waals surface area contributed by atoms with E-state index >= 15 is 0 Å². The van der Waals surface area contributed by atoms with Crippen LogP contribution in [0.1, 0.15) is 66.2 Å². The van der Waals surface area contributed by atoms with Crippen LogP contribution in [0.2, 0.25) is 0 Å². The van der Waals surface area contributed by atoms with E-state index in [-0.39, 0.29) is 24.1 Å². The fourth-order valence-corrected chi connectivity index (χ4v) is 2.11. The molecule has 5 nitrogen and oxygen atoms in total. The Labute approximate surface area is 127 Å². The van der Waals surface area contributed by atoms with Crippen LogP contribution in [-0.4, -0.2) is 30.9 Å². The summed E-state index contributed by atoms with van der Waals surface area (Å²) in [7, 11) is 0. The van der Waals surface area contributed by atoms with Crippen LogP contribution in [0.5, 0.6) is 0 Å². The van der Waals surface area contributed by atoms with Crippen LogP contribution >= 0.6 is 0 Å². The molecule has 5 heteroatoms. The average molecular weight is 300 g/mol. The van der Waals surface area contributed by atoms with Gasteiger partial charge in [0.15, 0.2) is 0 Å². The summed E-state index contributed by atoms with van der Waals surface area (Å²) in [5.74, 6) is -0.513. The Morgan fingerprint density at radius 3 is 2.00 bits per heavy atom. The molecule has 0 saturated carbocycles. The summed E-state index contributed by atoms with van der Waals surface area (Å²) >= 11 is 0. The standard InChI is InChI=1S/C16H28O5/c1-5-20-14(18)10-8-7-9-11-16(4,13(3)17)12-15(19)21-6-2/h5-12H2,1-4H3. The quantitative estimate of drug-likeness (QED) is 0.433. The Kier molecular flexibility index (Phi) is 9.67. The number of ketones is 1. The Morgan fingerprint density at radius 2 is 1.48 bits per heavy atom. The average Bonchev–Trinajstić information content (AvgIpc) is 2.38. The molecule has 0 spiro atoms. The molecule has 0 saturated heterocycles. The number of carbonyl (C=O) groups excluding carboxylic acids is 3. The number of carbonyl (C=O) groups is 3. The van der Waals surface area contributed by atoms with E-state index < -0.39 is 5.41 Å². The molecule has 21 heavy (non-hydrogen) atoms. The van der Waals surface area contributed by atoms with Crippen molar-refractivity contribution < 1.29 is 23.9 Å². The van der Waals surface area contributed by atoms with Gasteiger partial charge in [0.1, 0.15) is 5.78 Å². The van der Waals surface area contributed by atoms with E-state index in [1.807, 2.05) is 0 Å². The van der Waals surface area contributed by atoms with Crippen molar-refractivity contribution in [2.24, 2.45) is 5.41 Å².